The quantitative estimate of drug-likeness (QED) is 0.419. The van der Waals surface area contributed by atoms with Gasteiger partial charge in [0.2, 0.25) is 0 Å². The van der Waals surface area contributed by atoms with Crippen LogP contribution < -0.4 is 0 Å². The minimum absolute atomic E-state index is 0.758. The van der Waals surface area contributed by atoms with Gasteiger partial charge in [-0.2, -0.15) is 0 Å². The van der Waals surface area contributed by atoms with Crippen molar-refractivity contribution in [3.8, 4) is 0 Å². The number of unbranched alkanes of at least 4 members (excludes halogenated alkanes) is 6. The van der Waals surface area contributed by atoms with Gasteiger partial charge < -0.3 is 0 Å². The van der Waals surface area contributed by atoms with Gasteiger partial charge in [0.05, 0.1) is 0 Å². The molecule has 0 heteroatoms. The summed E-state index contributed by atoms with van der Waals surface area (Å²) in [6.45, 7) is 2.30. The summed E-state index contributed by atoms with van der Waals surface area (Å²) in [5.74, 6) is 3.15. The van der Waals surface area contributed by atoms with Gasteiger partial charge in [-0.05, 0) is 42.1 Å². The summed E-state index contributed by atoms with van der Waals surface area (Å²) in [6.07, 6.45) is 22.2. The van der Waals surface area contributed by atoms with Crippen LogP contribution in [-0.4, -0.2) is 0 Å². The zero-order valence-electron chi connectivity index (χ0n) is 15.4. The number of hydrogen-bond acceptors (Lipinski definition) is 0. The molecule has 130 valence electrons. The van der Waals surface area contributed by atoms with Gasteiger partial charge in [0.1, 0.15) is 0 Å². The Balaban J connectivity index is 1.55. The molecule has 1 aromatic carbocycles. The van der Waals surface area contributed by atoms with Crippen LogP contribution in [0.15, 0.2) is 54.6 Å². The third-order valence-corrected chi connectivity index (χ3v) is 6.20. The molecule has 24 heavy (non-hydrogen) atoms. The van der Waals surface area contributed by atoms with Gasteiger partial charge in [-0.15, -0.1) is 0 Å². The zero-order chi connectivity index (χ0) is 16.6. The van der Waals surface area contributed by atoms with Crippen molar-refractivity contribution in [2.75, 3.05) is 0 Å². The topological polar surface area (TPSA) is 0 Å². The molecule has 0 radical (unpaired) electrons. The van der Waals surface area contributed by atoms with Crippen LogP contribution >= 0.6 is 0 Å². The van der Waals surface area contributed by atoms with E-state index in [0.29, 0.717) is 0 Å². The monoisotopic (exact) mass is 322 g/mol. The van der Waals surface area contributed by atoms with Crippen LogP contribution in [0, 0.1) is 17.8 Å². The maximum absolute atomic E-state index is 2.50. The van der Waals surface area contributed by atoms with Crippen molar-refractivity contribution in [2.45, 2.75) is 70.6 Å². The highest BCUT2D eigenvalue weighted by atomic mass is 14.4. The van der Waals surface area contributed by atoms with Crippen molar-refractivity contribution in [1.82, 2.24) is 0 Å². The van der Waals surface area contributed by atoms with Crippen LogP contribution in [0.25, 0.3) is 0 Å². The van der Waals surface area contributed by atoms with Crippen LogP contribution in [-0.2, 0) is 0 Å². The molecule has 1 fully saturated rings. The first-order valence-electron chi connectivity index (χ1n) is 10.3. The normalized spacial score (nSPS) is 28.2. The van der Waals surface area contributed by atoms with Gasteiger partial charge in [0.15, 0.2) is 0 Å². The second-order valence-corrected chi connectivity index (χ2v) is 7.84. The molecular weight excluding hydrogens is 288 g/mol. The van der Waals surface area contributed by atoms with Crippen molar-refractivity contribution in [3.05, 3.63) is 60.2 Å². The fraction of sp³-hybridized carbons (Fsp3) is 0.583. The minimum Gasteiger partial charge on any atom is -0.0808 e. The summed E-state index contributed by atoms with van der Waals surface area (Å²) >= 11 is 0. The molecule has 0 heterocycles. The maximum atomic E-state index is 2.50. The summed E-state index contributed by atoms with van der Waals surface area (Å²) in [6, 6.07) is 11.3. The van der Waals surface area contributed by atoms with Gasteiger partial charge in [-0.3, -0.25) is 0 Å². The number of benzene rings is 1. The summed E-state index contributed by atoms with van der Waals surface area (Å²) in [4.78, 5) is 0. The highest BCUT2D eigenvalue weighted by molar-refractivity contribution is 5.27. The van der Waals surface area contributed by atoms with Crippen LogP contribution in [0.2, 0.25) is 0 Å². The first kappa shape index (κ1) is 17.5. The smallest absolute Gasteiger partial charge is 0.0122 e. The third-order valence-electron chi connectivity index (χ3n) is 6.20. The lowest BCUT2D eigenvalue weighted by Crippen LogP contribution is -2.16. The Bertz CT molecular complexity index is 524. The molecule has 1 saturated carbocycles. The molecular formula is C24H34. The number of hydrogen-bond donors (Lipinski definition) is 0. The van der Waals surface area contributed by atoms with E-state index in [4.69, 9.17) is 0 Å². The van der Waals surface area contributed by atoms with Crippen molar-refractivity contribution in [3.63, 3.8) is 0 Å². The van der Waals surface area contributed by atoms with E-state index in [0.717, 1.165) is 23.7 Å². The van der Waals surface area contributed by atoms with E-state index in [1.54, 1.807) is 5.56 Å². The Kier molecular flexibility index (Phi) is 6.75. The molecule has 0 amide bonds. The summed E-state index contributed by atoms with van der Waals surface area (Å²) in [5, 5.41) is 0. The molecule has 0 aromatic heterocycles. The van der Waals surface area contributed by atoms with Gasteiger partial charge in [-0.1, -0.05) is 107 Å². The molecule has 4 atom stereocenters. The van der Waals surface area contributed by atoms with Gasteiger partial charge >= 0.3 is 0 Å². The first-order chi connectivity index (χ1) is 11.9. The van der Waals surface area contributed by atoms with Crippen LogP contribution in [0.5, 0.6) is 0 Å². The second-order valence-electron chi connectivity index (χ2n) is 7.84. The summed E-state index contributed by atoms with van der Waals surface area (Å²) < 4.78 is 0. The SMILES string of the molecule is CCCCCCCCCC1C(c2ccccc2)CC2C=CC=CC21. The molecule has 4 unspecified atom stereocenters. The van der Waals surface area contributed by atoms with Crippen LogP contribution in [0.4, 0.5) is 0 Å². The minimum atomic E-state index is 0.758. The van der Waals surface area contributed by atoms with E-state index < -0.39 is 0 Å². The lowest BCUT2D eigenvalue weighted by molar-refractivity contribution is 0.354. The standard InChI is InChI=1S/C24H34/c1-2-3-4-5-6-7-11-18-23-22-17-13-12-16-21(22)19-24(23)20-14-9-8-10-15-20/h8-10,12-17,21-24H,2-7,11,18-19H2,1H3. The van der Waals surface area contributed by atoms with E-state index in [2.05, 4.69) is 61.6 Å². The maximum Gasteiger partial charge on any atom is -0.0122 e. The average molecular weight is 323 g/mol. The van der Waals surface area contributed by atoms with Crippen molar-refractivity contribution >= 4 is 0 Å². The fourth-order valence-electron chi connectivity index (χ4n) is 4.92. The van der Waals surface area contributed by atoms with Gasteiger partial charge in [-0.25, -0.2) is 0 Å². The van der Waals surface area contributed by atoms with E-state index in [-0.39, 0.29) is 0 Å². The lowest BCUT2D eigenvalue weighted by atomic mass is 9.79. The Labute approximate surface area is 149 Å². The molecule has 3 rings (SSSR count). The Hall–Kier alpha value is -1.30. The third kappa shape index (κ3) is 4.41. The second kappa shape index (κ2) is 9.25. The number of allylic oxidation sites excluding steroid dienone is 4. The van der Waals surface area contributed by atoms with Crippen molar-refractivity contribution < 1.29 is 0 Å². The number of fused-ring (bicyclic) bond motifs is 1. The molecule has 1 aromatic rings. The molecule has 0 aliphatic heterocycles. The Morgan fingerprint density at radius 2 is 1.54 bits per heavy atom. The van der Waals surface area contributed by atoms with Crippen molar-refractivity contribution in [2.24, 2.45) is 17.8 Å². The van der Waals surface area contributed by atoms with Crippen molar-refractivity contribution in [1.29, 1.82) is 0 Å². The molecule has 0 spiro atoms. The average Bonchev–Trinajstić information content (AvgIpc) is 3.00. The Morgan fingerprint density at radius 3 is 2.33 bits per heavy atom. The fourth-order valence-corrected chi connectivity index (χ4v) is 4.92. The molecule has 0 nitrogen and oxygen atoms in total. The molecule has 2 aliphatic carbocycles. The highest BCUT2D eigenvalue weighted by Gasteiger charge is 2.41. The molecule has 0 N–H and O–H groups in total. The lowest BCUT2D eigenvalue weighted by Gasteiger charge is -2.25. The van der Waals surface area contributed by atoms with Gasteiger partial charge in [0.25, 0.3) is 0 Å². The number of rotatable bonds is 9. The summed E-state index contributed by atoms with van der Waals surface area (Å²) in [7, 11) is 0. The predicted molar refractivity (Wildman–Crippen MR) is 105 cm³/mol. The van der Waals surface area contributed by atoms with E-state index in [9.17, 15) is 0 Å². The molecule has 0 bridgehead atoms. The summed E-state index contributed by atoms with van der Waals surface area (Å²) in [5.41, 5.74) is 1.57. The largest absolute Gasteiger partial charge is 0.0808 e. The van der Waals surface area contributed by atoms with E-state index in [1.165, 1.54) is 57.8 Å². The van der Waals surface area contributed by atoms with Gasteiger partial charge in [0, 0.05) is 0 Å². The van der Waals surface area contributed by atoms with E-state index in [1.807, 2.05) is 0 Å². The van der Waals surface area contributed by atoms with Crippen LogP contribution in [0.3, 0.4) is 0 Å². The van der Waals surface area contributed by atoms with Crippen LogP contribution in [0.1, 0.15) is 76.2 Å². The first-order valence-corrected chi connectivity index (χ1v) is 10.3. The predicted octanol–water partition coefficient (Wildman–Crippen LogP) is 7.29. The Morgan fingerprint density at radius 1 is 0.833 bits per heavy atom. The van der Waals surface area contributed by atoms with E-state index >= 15 is 0 Å². The molecule has 0 saturated heterocycles. The zero-order valence-corrected chi connectivity index (χ0v) is 15.4. The molecule has 2 aliphatic rings. The highest BCUT2D eigenvalue weighted by Crippen LogP contribution is 2.51.